The summed E-state index contributed by atoms with van der Waals surface area (Å²) in [5.41, 5.74) is 3.49. The molecule has 1 aliphatic rings. The first-order valence-corrected chi connectivity index (χ1v) is 7.30. The van der Waals surface area contributed by atoms with Crippen molar-refractivity contribution in [2.75, 3.05) is 13.3 Å². The number of nitrogens with zero attached hydrogens (tertiary/aromatic N) is 2. The molecule has 1 aromatic carbocycles. The Kier molecular flexibility index (Phi) is 3.84. The van der Waals surface area contributed by atoms with Gasteiger partial charge in [0.05, 0.1) is 18.1 Å². The van der Waals surface area contributed by atoms with Gasteiger partial charge in [-0.3, -0.25) is 0 Å². The van der Waals surface area contributed by atoms with Crippen LogP contribution in [-0.2, 0) is 6.54 Å². The van der Waals surface area contributed by atoms with Crippen molar-refractivity contribution < 1.29 is 9.47 Å². The van der Waals surface area contributed by atoms with Gasteiger partial charge in [0.1, 0.15) is 0 Å². The molecule has 0 fully saturated rings. The van der Waals surface area contributed by atoms with Crippen LogP contribution in [0.4, 0.5) is 0 Å². The van der Waals surface area contributed by atoms with Gasteiger partial charge in [0.25, 0.3) is 0 Å². The Hall–Kier alpha value is -2.01. The number of rotatable bonds is 5. The molecule has 0 saturated carbocycles. The Morgan fingerprint density at radius 1 is 1.29 bits per heavy atom. The fourth-order valence-corrected chi connectivity index (χ4v) is 2.59. The molecule has 0 bridgehead atoms. The van der Waals surface area contributed by atoms with Gasteiger partial charge in [-0.15, -0.1) is 0 Å². The van der Waals surface area contributed by atoms with Gasteiger partial charge in [-0.1, -0.05) is 13.0 Å². The monoisotopic (exact) mass is 287 g/mol. The second-order valence-electron chi connectivity index (χ2n) is 5.29. The number of hydrogen-bond donors (Lipinski definition) is 1. The van der Waals surface area contributed by atoms with Crippen LogP contribution in [-0.4, -0.2) is 22.9 Å². The van der Waals surface area contributed by atoms with E-state index in [1.165, 1.54) is 11.3 Å². The van der Waals surface area contributed by atoms with E-state index in [9.17, 15) is 0 Å². The van der Waals surface area contributed by atoms with Gasteiger partial charge in [0.15, 0.2) is 11.5 Å². The van der Waals surface area contributed by atoms with E-state index < -0.39 is 0 Å². The molecule has 0 saturated heterocycles. The van der Waals surface area contributed by atoms with Crippen molar-refractivity contribution in [3.63, 3.8) is 0 Å². The van der Waals surface area contributed by atoms with Crippen molar-refractivity contribution in [1.29, 1.82) is 0 Å². The predicted molar refractivity (Wildman–Crippen MR) is 80.7 cm³/mol. The summed E-state index contributed by atoms with van der Waals surface area (Å²) in [7, 11) is 0. The Bertz CT molecular complexity index is 636. The molecular weight excluding hydrogens is 266 g/mol. The van der Waals surface area contributed by atoms with E-state index in [1.54, 1.807) is 0 Å². The lowest BCUT2D eigenvalue weighted by Gasteiger charge is -2.20. The average Bonchev–Trinajstić information content (AvgIpc) is 3.07. The molecule has 1 N–H and O–H groups in total. The van der Waals surface area contributed by atoms with Crippen LogP contribution in [0.1, 0.15) is 29.9 Å². The van der Waals surface area contributed by atoms with Gasteiger partial charge in [-0.2, -0.15) is 0 Å². The summed E-state index contributed by atoms with van der Waals surface area (Å²) in [6.07, 6.45) is 1.90. The maximum atomic E-state index is 5.48. The van der Waals surface area contributed by atoms with Crippen molar-refractivity contribution in [3.8, 4) is 11.5 Å². The SMILES string of the molecule is CCNC(Cn1cnc(C)c1C)c1ccc2c(c1)OCO2. The number of imidazole rings is 1. The topological polar surface area (TPSA) is 48.3 Å². The first kappa shape index (κ1) is 13.9. The molecule has 0 spiro atoms. The molecule has 3 rings (SSSR count). The highest BCUT2D eigenvalue weighted by Crippen LogP contribution is 2.34. The Morgan fingerprint density at radius 3 is 2.81 bits per heavy atom. The van der Waals surface area contributed by atoms with Crippen LogP contribution in [0.25, 0.3) is 0 Å². The zero-order valence-corrected chi connectivity index (χ0v) is 12.7. The number of aryl methyl sites for hydroxylation is 1. The molecule has 1 aliphatic heterocycles. The number of aromatic nitrogens is 2. The van der Waals surface area contributed by atoms with Crippen molar-refractivity contribution in [2.24, 2.45) is 0 Å². The number of nitrogens with one attached hydrogen (secondary N) is 1. The van der Waals surface area contributed by atoms with Crippen LogP contribution < -0.4 is 14.8 Å². The van der Waals surface area contributed by atoms with E-state index in [0.29, 0.717) is 6.79 Å². The summed E-state index contributed by atoms with van der Waals surface area (Å²) in [5.74, 6) is 1.65. The van der Waals surface area contributed by atoms with E-state index in [-0.39, 0.29) is 6.04 Å². The lowest BCUT2D eigenvalue weighted by molar-refractivity contribution is 0.174. The van der Waals surface area contributed by atoms with Crippen LogP contribution in [0.15, 0.2) is 24.5 Å². The van der Waals surface area contributed by atoms with Crippen LogP contribution in [0.5, 0.6) is 11.5 Å². The van der Waals surface area contributed by atoms with Gasteiger partial charge in [-0.05, 0) is 38.1 Å². The van der Waals surface area contributed by atoms with E-state index in [0.717, 1.165) is 30.3 Å². The lowest BCUT2D eigenvalue weighted by Crippen LogP contribution is -2.25. The van der Waals surface area contributed by atoms with Crippen LogP contribution in [0.2, 0.25) is 0 Å². The summed E-state index contributed by atoms with van der Waals surface area (Å²) >= 11 is 0. The molecule has 0 aliphatic carbocycles. The average molecular weight is 287 g/mol. The summed E-state index contributed by atoms with van der Waals surface area (Å²) in [4.78, 5) is 4.37. The number of benzene rings is 1. The van der Waals surface area contributed by atoms with Gasteiger partial charge >= 0.3 is 0 Å². The van der Waals surface area contributed by atoms with Gasteiger partial charge in [-0.25, -0.2) is 4.98 Å². The summed E-state index contributed by atoms with van der Waals surface area (Å²) in [5, 5.41) is 3.53. The lowest BCUT2D eigenvalue weighted by atomic mass is 10.1. The molecule has 0 radical (unpaired) electrons. The van der Waals surface area contributed by atoms with Crippen molar-refractivity contribution in [3.05, 3.63) is 41.5 Å². The highest BCUT2D eigenvalue weighted by atomic mass is 16.7. The molecule has 1 aromatic heterocycles. The predicted octanol–water partition coefficient (Wildman–Crippen LogP) is 2.58. The van der Waals surface area contributed by atoms with Gasteiger partial charge in [0.2, 0.25) is 6.79 Å². The molecule has 5 nitrogen and oxygen atoms in total. The molecular formula is C16H21N3O2. The van der Waals surface area contributed by atoms with E-state index in [1.807, 2.05) is 19.3 Å². The first-order chi connectivity index (χ1) is 10.2. The maximum Gasteiger partial charge on any atom is 0.231 e. The van der Waals surface area contributed by atoms with Gasteiger partial charge in [0, 0.05) is 12.2 Å². The van der Waals surface area contributed by atoms with E-state index >= 15 is 0 Å². The summed E-state index contributed by atoms with van der Waals surface area (Å²) < 4.78 is 13.0. The first-order valence-electron chi connectivity index (χ1n) is 7.30. The Morgan fingerprint density at radius 2 is 2.10 bits per heavy atom. The number of fused-ring (bicyclic) bond motifs is 1. The molecule has 2 aromatic rings. The molecule has 0 amide bonds. The number of likely N-dealkylation sites (N-methyl/N-ethyl adjacent to an activating group) is 1. The minimum Gasteiger partial charge on any atom is -0.454 e. The molecule has 1 atom stereocenters. The smallest absolute Gasteiger partial charge is 0.231 e. The van der Waals surface area contributed by atoms with Crippen molar-refractivity contribution in [2.45, 2.75) is 33.4 Å². The van der Waals surface area contributed by atoms with Crippen LogP contribution >= 0.6 is 0 Å². The third-order valence-corrected chi connectivity index (χ3v) is 3.97. The Labute approximate surface area is 124 Å². The summed E-state index contributed by atoms with van der Waals surface area (Å²) in [6, 6.07) is 6.36. The van der Waals surface area contributed by atoms with Crippen LogP contribution in [0, 0.1) is 13.8 Å². The molecule has 112 valence electrons. The Balaban J connectivity index is 1.85. The minimum absolute atomic E-state index is 0.219. The van der Waals surface area contributed by atoms with Crippen molar-refractivity contribution in [1.82, 2.24) is 14.9 Å². The number of hydrogen-bond acceptors (Lipinski definition) is 4. The number of ether oxygens (including phenoxy) is 2. The minimum atomic E-state index is 0.219. The normalized spacial score (nSPS) is 14.4. The van der Waals surface area contributed by atoms with E-state index in [4.69, 9.17) is 9.47 Å². The summed E-state index contributed by atoms with van der Waals surface area (Å²) in [6.45, 7) is 8.32. The second-order valence-corrected chi connectivity index (χ2v) is 5.29. The molecule has 21 heavy (non-hydrogen) atoms. The largest absolute Gasteiger partial charge is 0.454 e. The molecule has 5 heteroatoms. The standard InChI is InChI=1S/C16H21N3O2/c1-4-17-14(8-19-9-18-11(2)12(19)3)13-5-6-15-16(7-13)21-10-20-15/h5-7,9,14,17H,4,8,10H2,1-3H3. The third-order valence-electron chi connectivity index (χ3n) is 3.97. The second kappa shape index (κ2) is 5.77. The highest BCUT2D eigenvalue weighted by molar-refractivity contribution is 5.45. The van der Waals surface area contributed by atoms with Crippen LogP contribution in [0.3, 0.4) is 0 Å². The fourth-order valence-electron chi connectivity index (χ4n) is 2.59. The zero-order valence-electron chi connectivity index (χ0n) is 12.7. The highest BCUT2D eigenvalue weighted by Gasteiger charge is 2.18. The third kappa shape index (κ3) is 2.74. The molecule has 1 unspecified atom stereocenters. The van der Waals surface area contributed by atoms with Gasteiger partial charge < -0.3 is 19.4 Å². The zero-order chi connectivity index (χ0) is 14.8. The fraction of sp³-hybridized carbons (Fsp3) is 0.438. The maximum absolute atomic E-state index is 5.48. The van der Waals surface area contributed by atoms with Crippen molar-refractivity contribution >= 4 is 0 Å². The molecule has 2 heterocycles. The quantitative estimate of drug-likeness (QED) is 0.918. The van der Waals surface area contributed by atoms with E-state index in [2.05, 4.69) is 40.8 Å².